The Labute approximate surface area is 96.3 Å². The van der Waals surface area contributed by atoms with E-state index in [2.05, 4.69) is 14.9 Å². The summed E-state index contributed by atoms with van der Waals surface area (Å²) < 4.78 is 4.34. The van der Waals surface area contributed by atoms with Gasteiger partial charge in [-0.15, -0.1) is 0 Å². The minimum absolute atomic E-state index is 0.0698. The molecule has 8 heteroatoms. The number of nitrogen functional groups attached to an aromatic ring is 1. The van der Waals surface area contributed by atoms with E-state index in [1.807, 2.05) is 0 Å². The molecular formula is C9H12N4O4. The van der Waals surface area contributed by atoms with Gasteiger partial charge in [-0.25, -0.2) is 4.63 Å². The zero-order chi connectivity index (χ0) is 12.6. The van der Waals surface area contributed by atoms with Crippen LogP contribution in [0, 0.1) is 5.41 Å². The normalized spacial score (nSPS) is 23.9. The largest absolute Gasteiger partial charge is 0.481 e. The van der Waals surface area contributed by atoms with Gasteiger partial charge in [0, 0.05) is 13.1 Å². The molecule has 1 saturated heterocycles. The van der Waals surface area contributed by atoms with Gasteiger partial charge in [-0.05, 0) is 23.7 Å². The second-order valence-corrected chi connectivity index (χ2v) is 4.34. The van der Waals surface area contributed by atoms with E-state index in [-0.39, 0.29) is 18.1 Å². The van der Waals surface area contributed by atoms with Crippen LogP contribution in [0.25, 0.3) is 0 Å². The summed E-state index contributed by atoms with van der Waals surface area (Å²) in [5.41, 5.74) is 4.42. The van der Waals surface area contributed by atoms with E-state index >= 15 is 0 Å². The lowest BCUT2D eigenvalue weighted by molar-refractivity contribution is -0.147. The molecule has 0 aromatic carbocycles. The first-order chi connectivity index (χ1) is 7.94. The lowest BCUT2D eigenvalue weighted by Crippen LogP contribution is -2.35. The van der Waals surface area contributed by atoms with E-state index in [4.69, 9.17) is 10.8 Å². The number of hydrogen-bond donors (Lipinski definition) is 2. The third-order valence-electron chi connectivity index (χ3n) is 2.99. The van der Waals surface area contributed by atoms with Crippen molar-refractivity contribution in [2.45, 2.75) is 13.3 Å². The number of carbonyl (C=O) groups excluding carboxylic acids is 1. The average Bonchev–Trinajstić information content (AvgIpc) is 2.85. The third-order valence-corrected chi connectivity index (χ3v) is 2.99. The molecule has 2 rings (SSSR count). The van der Waals surface area contributed by atoms with Crippen LogP contribution in [0.5, 0.6) is 0 Å². The number of aliphatic carboxylic acids is 1. The van der Waals surface area contributed by atoms with Crippen LogP contribution >= 0.6 is 0 Å². The Morgan fingerprint density at radius 1 is 1.53 bits per heavy atom. The number of anilines is 1. The quantitative estimate of drug-likeness (QED) is 0.720. The summed E-state index contributed by atoms with van der Waals surface area (Å²) in [5, 5.41) is 15.8. The van der Waals surface area contributed by atoms with E-state index < -0.39 is 17.3 Å². The average molecular weight is 240 g/mol. The summed E-state index contributed by atoms with van der Waals surface area (Å²) >= 11 is 0. The fraction of sp³-hybridized carbons (Fsp3) is 0.556. The second-order valence-electron chi connectivity index (χ2n) is 4.34. The van der Waals surface area contributed by atoms with Crippen LogP contribution in [0.4, 0.5) is 5.82 Å². The lowest BCUT2D eigenvalue weighted by atomic mass is 9.90. The van der Waals surface area contributed by atoms with Gasteiger partial charge in [-0.3, -0.25) is 9.59 Å². The number of likely N-dealkylation sites (tertiary alicyclic amines) is 1. The van der Waals surface area contributed by atoms with E-state index in [1.54, 1.807) is 6.92 Å². The van der Waals surface area contributed by atoms with E-state index in [0.29, 0.717) is 13.0 Å². The van der Waals surface area contributed by atoms with Crippen molar-refractivity contribution in [2.75, 3.05) is 18.8 Å². The number of nitrogens with zero attached hydrogens (tertiary/aromatic N) is 3. The van der Waals surface area contributed by atoms with Gasteiger partial charge >= 0.3 is 5.97 Å². The SMILES string of the molecule is CC1(C(=O)O)CCN(C(=O)c2nonc2N)C1. The summed E-state index contributed by atoms with van der Waals surface area (Å²) in [6.45, 7) is 2.09. The molecule has 0 aliphatic carbocycles. The van der Waals surface area contributed by atoms with Crippen molar-refractivity contribution >= 4 is 17.7 Å². The highest BCUT2D eigenvalue weighted by atomic mass is 16.6. The van der Waals surface area contributed by atoms with Crippen molar-refractivity contribution in [1.29, 1.82) is 0 Å². The molecule has 1 fully saturated rings. The molecule has 8 nitrogen and oxygen atoms in total. The van der Waals surface area contributed by atoms with Crippen molar-refractivity contribution in [3.63, 3.8) is 0 Å². The second kappa shape index (κ2) is 3.72. The molecule has 3 N–H and O–H groups in total. The van der Waals surface area contributed by atoms with Crippen molar-refractivity contribution in [3.05, 3.63) is 5.69 Å². The zero-order valence-electron chi connectivity index (χ0n) is 9.21. The van der Waals surface area contributed by atoms with E-state index in [9.17, 15) is 9.59 Å². The Hall–Kier alpha value is -2.12. The molecule has 1 aromatic heterocycles. The third kappa shape index (κ3) is 1.81. The zero-order valence-corrected chi connectivity index (χ0v) is 9.21. The highest BCUT2D eigenvalue weighted by Crippen LogP contribution is 2.31. The number of carboxylic acid groups (broad SMARTS) is 1. The predicted molar refractivity (Wildman–Crippen MR) is 55.0 cm³/mol. The maximum absolute atomic E-state index is 11.9. The van der Waals surface area contributed by atoms with E-state index in [0.717, 1.165) is 0 Å². The summed E-state index contributed by atoms with van der Waals surface area (Å²) in [5.74, 6) is -1.45. The Kier molecular flexibility index (Phi) is 2.49. The summed E-state index contributed by atoms with van der Waals surface area (Å²) in [6, 6.07) is 0. The van der Waals surface area contributed by atoms with Crippen LogP contribution in [0.15, 0.2) is 4.63 Å². The molecule has 1 unspecified atom stereocenters. The summed E-state index contributed by atoms with van der Waals surface area (Å²) in [4.78, 5) is 24.4. The number of rotatable bonds is 2. The molecule has 1 aliphatic heterocycles. The molecule has 0 saturated carbocycles. The van der Waals surface area contributed by atoms with Gasteiger partial charge in [0.05, 0.1) is 5.41 Å². The number of aromatic nitrogens is 2. The fourth-order valence-electron chi connectivity index (χ4n) is 1.80. The maximum atomic E-state index is 11.9. The van der Waals surface area contributed by atoms with Crippen molar-refractivity contribution in [1.82, 2.24) is 15.2 Å². The molecule has 92 valence electrons. The highest BCUT2D eigenvalue weighted by Gasteiger charge is 2.43. The molecule has 0 radical (unpaired) electrons. The van der Waals surface area contributed by atoms with Crippen molar-refractivity contribution in [3.8, 4) is 0 Å². The maximum Gasteiger partial charge on any atom is 0.311 e. The Balaban J connectivity index is 2.15. The molecule has 0 bridgehead atoms. The number of amides is 1. The minimum Gasteiger partial charge on any atom is -0.481 e. The standard InChI is InChI=1S/C9H12N4O4/c1-9(8(15)16)2-3-13(4-9)7(14)5-6(10)12-17-11-5/h2-4H2,1H3,(H2,10,12)(H,15,16). The van der Waals surface area contributed by atoms with Gasteiger partial charge < -0.3 is 15.7 Å². The van der Waals surface area contributed by atoms with Gasteiger partial charge in [-0.2, -0.15) is 0 Å². The topological polar surface area (TPSA) is 123 Å². The van der Waals surface area contributed by atoms with Gasteiger partial charge in [0.2, 0.25) is 11.5 Å². The summed E-state index contributed by atoms with van der Waals surface area (Å²) in [7, 11) is 0. The number of carbonyl (C=O) groups is 2. The van der Waals surface area contributed by atoms with Crippen LogP contribution in [0.1, 0.15) is 23.8 Å². The molecule has 17 heavy (non-hydrogen) atoms. The van der Waals surface area contributed by atoms with Crippen LogP contribution in [0.2, 0.25) is 0 Å². The first-order valence-corrected chi connectivity index (χ1v) is 5.05. The van der Waals surface area contributed by atoms with Crippen molar-refractivity contribution < 1.29 is 19.3 Å². The Morgan fingerprint density at radius 3 is 2.71 bits per heavy atom. The van der Waals surface area contributed by atoms with Gasteiger partial charge in [-0.1, -0.05) is 0 Å². The number of carboxylic acids is 1. The predicted octanol–water partition coefficient (Wildman–Crippen LogP) is -0.411. The monoisotopic (exact) mass is 240 g/mol. The molecule has 0 spiro atoms. The van der Waals surface area contributed by atoms with Gasteiger partial charge in [0.1, 0.15) is 0 Å². The molecule has 1 atom stereocenters. The van der Waals surface area contributed by atoms with Crippen molar-refractivity contribution in [2.24, 2.45) is 5.41 Å². The van der Waals surface area contributed by atoms with E-state index in [1.165, 1.54) is 4.90 Å². The van der Waals surface area contributed by atoms with Crippen LogP contribution in [-0.2, 0) is 4.79 Å². The molecule has 1 aliphatic rings. The van der Waals surface area contributed by atoms with Crippen LogP contribution in [0.3, 0.4) is 0 Å². The molecule has 1 aromatic rings. The van der Waals surface area contributed by atoms with Crippen LogP contribution in [-0.4, -0.2) is 45.3 Å². The number of nitrogens with two attached hydrogens (primary N) is 1. The summed E-state index contributed by atoms with van der Waals surface area (Å²) in [6.07, 6.45) is 0.402. The smallest absolute Gasteiger partial charge is 0.311 e. The minimum atomic E-state index is -0.918. The van der Waals surface area contributed by atoms with Crippen LogP contribution < -0.4 is 5.73 Å². The highest BCUT2D eigenvalue weighted by molar-refractivity contribution is 5.96. The Morgan fingerprint density at radius 2 is 2.24 bits per heavy atom. The molecular weight excluding hydrogens is 228 g/mol. The first-order valence-electron chi connectivity index (χ1n) is 5.05. The van der Waals surface area contributed by atoms with Gasteiger partial charge in [0.15, 0.2) is 0 Å². The number of hydrogen-bond acceptors (Lipinski definition) is 6. The lowest BCUT2D eigenvalue weighted by Gasteiger charge is -2.19. The van der Waals surface area contributed by atoms with Gasteiger partial charge in [0.25, 0.3) is 5.91 Å². The molecule has 2 heterocycles. The first kappa shape index (κ1) is 11.4. The fourth-order valence-corrected chi connectivity index (χ4v) is 1.80. The Bertz CT molecular complexity index is 471. The molecule has 1 amide bonds.